The predicted molar refractivity (Wildman–Crippen MR) is 70.0 cm³/mol. The molecule has 0 saturated carbocycles. The van der Waals surface area contributed by atoms with Gasteiger partial charge in [0.15, 0.2) is 5.82 Å². The molecule has 5 nitrogen and oxygen atoms in total. The number of nitrogens with zero attached hydrogens (tertiary/aromatic N) is 1. The number of aryl methyl sites for hydroxylation is 1. The monoisotopic (exact) mass is 281 g/mol. The molecule has 7 heteroatoms. The smallest absolute Gasteiger partial charge is 0.241 e. The molecule has 0 spiro atoms. The van der Waals surface area contributed by atoms with Gasteiger partial charge >= 0.3 is 0 Å². The third-order valence-corrected chi connectivity index (χ3v) is 3.39. The second-order valence-corrected chi connectivity index (χ2v) is 5.53. The summed E-state index contributed by atoms with van der Waals surface area (Å²) in [6.07, 6.45) is 1.39. The molecule has 0 fully saturated rings. The third kappa shape index (κ3) is 3.07. The minimum absolute atomic E-state index is 0.00509. The molecule has 0 saturated heterocycles. The van der Waals surface area contributed by atoms with Crippen molar-refractivity contribution in [2.24, 2.45) is 5.14 Å². The summed E-state index contributed by atoms with van der Waals surface area (Å²) in [4.78, 5) is 3.69. The van der Waals surface area contributed by atoms with E-state index in [1.54, 1.807) is 19.1 Å². The van der Waals surface area contributed by atoms with Crippen LogP contribution in [0, 0.1) is 12.7 Å². The van der Waals surface area contributed by atoms with Crippen molar-refractivity contribution in [1.82, 2.24) is 4.98 Å². The van der Waals surface area contributed by atoms with E-state index in [0.29, 0.717) is 0 Å². The first-order chi connectivity index (χ1) is 8.88. The molecule has 2 rings (SSSR count). The van der Waals surface area contributed by atoms with Gasteiger partial charge in [-0.3, -0.25) is 0 Å². The number of pyridine rings is 1. The van der Waals surface area contributed by atoms with Gasteiger partial charge in [-0.25, -0.2) is 22.9 Å². The lowest BCUT2D eigenvalue weighted by molar-refractivity contribution is 0.597. The van der Waals surface area contributed by atoms with Crippen LogP contribution in [0.2, 0.25) is 0 Å². The quantitative estimate of drug-likeness (QED) is 0.900. The highest BCUT2D eigenvalue weighted by Crippen LogP contribution is 2.24. The number of benzene rings is 1. The number of nitrogens with two attached hydrogens (primary N) is 1. The Labute approximate surface area is 110 Å². The van der Waals surface area contributed by atoms with E-state index in [1.165, 1.54) is 24.4 Å². The van der Waals surface area contributed by atoms with E-state index in [4.69, 9.17) is 5.14 Å². The molecule has 0 amide bonds. The number of primary sulfonamides is 1. The van der Waals surface area contributed by atoms with Crippen LogP contribution in [0.1, 0.15) is 5.56 Å². The minimum Gasteiger partial charge on any atom is -0.337 e. The number of halogens is 1. The largest absolute Gasteiger partial charge is 0.337 e. The molecule has 1 aromatic heterocycles. The Morgan fingerprint density at radius 1 is 1.32 bits per heavy atom. The van der Waals surface area contributed by atoms with Gasteiger partial charge in [0.1, 0.15) is 10.7 Å². The van der Waals surface area contributed by atoms with Crippen molar-refractivity contribution in [3.05, 3.63) is 47.9 Å². The Hall–Kier alpha value is -1.99. The Kier molecular flexibility index (Phi) is 3.50. The lowest BCUT2D eigenvalue weighted by atomic mass is 10.2. The van der Waals surface area contributed by atoms with Crippen molar-refractivity contribution in [3.8, 4) is 0 Å². The zero-order valence-corrected chi connectivity index (χ0v) is 10.9. The Morgan fingerprint density at radius 3 is 2.74 bits per heavy atom. The molecule has 3 N–H and O–H groups in total. The van der Waals surface area contributed by atoms with Gasteiger partial charge in [-0.15, -0.1) is 0 Å². The molecule has 2 aromatic rings. The highest BCUT2D eigenvalue weighted by molar-refractivity contribution is 7.89. The maximum atomic E-state index is 13.6. The molecule has 100 valence electrons. The summed E-state index contributed by atoms with van der Waals surface area (Å²) in [5, 5.41) is 7.72. The Morgan fingerprint density at radius 2 is 2.05 bits per heavy atom. The number of hydrogen-bond donors (Lipinski definition) is 2. The van der Waals surface area contributed by atoms with Crippen molar-refractivity contribution in [3.63, 3.8) is 0 Å². The second-order valence-electron chi connectivity index (χ2n) is 4.00. The number of aromatic nitrogens is 1. The van der Waals surface area contributed by atoms with Gasteiger partial charge in [-0.1, -0.05) is 6.07 Å². The molecule has 0 radical (unpaired) electrons. The van der Waals surface area contributed by atoms with Crippen LogP contribution in [0.25, 0.3) is 0 Å². The molecular weight excluding hydrogens is 269 g/mol. The van der Waals surface area contributed by atoms with E-state index in [2.05, 4.69) is 10.3 Å². The van der Waals surface area contributed by atoms with Crippen LogP contribution in [0.3, 0.4) is 0 Å². The molecule has 0 aliphatic rings. The summed E-state index contributed by atoms with van der Waals surface area (Å²) < 4.78 is 36.4. The summed E-state index contributed by atoms with van der Waals surface area (Å²) in [6, 6.07) is 7.20. The highest BCUT2D eigenvalue weighted by atomic mass is 32.2. The number of anilines is 2. The first kappa shape index (κ1) is 13.4. The molecule has 0 aliphatic carbocycles. The van der Waals surface area contributed by atoms with Gasteiger partial charge in [0.25, 0.3) is 0 Å². The van der Waals surface area contributed by atoms with Crippen LogP contribution in [0.4, 0.5) is 15.9 Å². The topological polar surface area (TPSA) is 85.1 Å². The third-order valence-electron chi connectivity index (χ3n) is 2.45. The maximum Gasteiger partial charge on any atom is 0.241 e. The van der Waals surface area contributed by atoms with E-state index in [-0.39, 0.29) is 16.4 Å². The fourth-order valence-electron chi connectivity index (χ4n) is 1.58. The molecule has 0 bridgehead atoms. The first-order valence-electron chi connectivity index (χ1n) is 5.39. The Bertz CT molecular complexity index is 717. The fourth-order valence-corrected chi connectivity index (χ4v) is 2.22. The van der Waals surface area contributed by atoms with E-state index in [1.807, 2.05) is 0 Å². The summed E-state index contributed by atoms with van der Waals surface area (Å²) in [5.41, 5.74) is 0.973. The zero-order chi connectivity index (χ0) is 14.0. The summed E-state index contributed by atoms with van der Waals surface area (Å²) in [7, 11) is -3.92. The van der Waals surface area contributed by atoms with Crippen LogP contribution < -0.4 is 10.5 Å². The summed E-state index contributed by atoms with van der Waals surface area (Å²) in [6.45, 7) is 1.80. The van der Waals surface area contributed by atoms with Crippen LogP contribution in [-0.2, 0) is 10.0 Å². The molecule has 1 heterocycles. The maximum absolute atomic E-state index is 13.6. The van der Waals surface area contributed by atoms with Gasteiger partial charge < -0.3 is 5.32 Å². The van der Waals surface area contributed by atoms with Crippen LogP contribution >= 0.6 is 0 Å². The Balaban J connectivity index is 2.47. The highest BCUT2D eigenvalue weighted by Gasteiger charge is 2.15. The van der Waals surface area contributed by atoms with Gasteiger partial charge in [0.05, 0.1) is 5.69 Å². The number of sulfonamides is 1. The molecule has 0 aliphatic heterocycles. The number of nitrogens with one attached hydrogen (secondary N) is 1. The van der Waals surface area contributed by atoms with Crippen molar-refractivity contribution < 1.29 is 12.8 Å². The standard InChI is InChI=1S/C12H12FN3O2S/c1-8-4-5-9(13)10(7-8)16-12-11(19(14,17)18)3-2-6-15-12/h2-7H,1H3,(H,15,16)(H2,14,17,18). The number of hydrogen-bond acceptors (Lipinski definition) is 4. The molecule has 0 unspecified atom stereocenters. The second kappa shape index (κ2) is 4.94. The summed E-state index contributed by atoms with van der Waals surface area (Å²) in [5.74, 6) is -0.508. The fraction of sp³-hybridized carbons (Fsp3) is 0.0833. The molecule has 19 heavy (non-hydrogen) atoms. The normalized spacial score (nSPS) is 11.3. The van der Waals surface area contributed by atoms with Crippen LogP contribution in [0.15, 0.2) is 41.4 Å². The van der Waals surface area contributed by atoms with E-state index in [0.717, 1.165) is 5.56 Å². The predicted octanol–water partition coefficient (Wildman–Crippen LogP) is 1.92. The van der Waals surface area contributed by atoms with Crippen molar-refractivity contribution in [2.45, 2.75) is 11.8 Å². The van der Waals surface area contributed by atoms with Gasteiger partial charge in [0, 0.05) is 6.20 Å². The zero-order valence-electron chi connectivity index (χ0n) is 10.1. The van der Waals surface area contributed by atoms with E-state index in [9.17, 15) is 12.8 Å². The van der Waals surface area contributed by atoms with E-state index < -0.39 is 15.8 Å². The first-order valence-corrected chi connectivity index (χ1v) is 6.93. The summed E-state index contributed by atoms with van der Waals surface area (Å²) >= 11 is 0. The number of rotatable bonds is 3. The lowest BCUT2D eigenvalue weighted by Crippen LogP contribution is -2.15. The molecule has 0 atom stereocenters. The average Bonchev–Trinajstić information content (AvgIpc) is 2.33. The van der Waals surface area contributed by atoms with Gasteiger partial charge in [-0.05, 0) is 36.8 Å². The van der Waals surface area contributed by atoms with Gasteiger partial charge in [0.2, 0.25) is 10.0 Å². The van der Waals surface area contributed by atoms with Crippen molar-refractivity contribution in [1.29, 1.82) is 0 Å². The van der Waals surface area contributed by atoms with Gasteiger partial charge in [-0.2, -0.15) is 0 Å². The average molecular weight is 281 g/mol. The van der Waals surface area contributed by atoms with Crippen LogP contribution in [-0.4, -0.2) is 13.4 Å². The molecule has 1 aromatic carbocycles. The van der Waals surface area contributed by atoms with Crippen LogP contribution in [0.5, 0.6) is 0 Å². The lowest BCUT2D eigenvalue weighted by Gasteiger charge is -2.10. The van der Waals surface area contributed by atoms with E-state index >= 15 is 0 Å². The van der Waals surface area contributed by atoms with Crippen molar-refractivity contribution >= 4 is 21.5 Å². The minimum atomic E-state index is -3.92. The molecular formula is C12H12FN3O2S. The van der Waals surface area contributed by atoms with Crippen molar-refractivity contribution in [2.75, 3.05) is 5.32 Å². The SMILES string of the molecule is Cc1ccc(F)c(Nc2ncccc2S(N)(=O)=O)c1.